The zero-order valence-corrected chi connectivity index (χ0v) is 16.0. The molecule has 0 N–H and O–H groups in total. The summed E-state index contributed by atoms with van der Waals surface area (Å²) in [4.78, 5) is 21.6. The molecule has 1 saturated heterocycles. The van der Waals surface area contributed by atoms with Gasteiger partial charge in [0.25, 0.3) is 0 Å². The van der Waals surface area contributed by atoms with Crippen molar-refractivity contribution in [1.29, 1.82) is 0 Å². The minimum Gasteiger partial charge on any atom is -0.443 e. The van der Waals surface area contributed by atoms with Crippen LogP contribution in [0.3, 0.4) is 0 Å². The number of amides is 1. The monoisotopic (exact) mass is 345 g/mol. The fraction of sp³-hybridized carbons (Fsp3) is 0.700. The van der Waals surface area contributed by atoms with E-state index in [0.717, 1.165) is 32.4 Å². The second kappa shape index (κ2) is 7.32. The minimum absolute atomic E-state index is 0.215. The van der Waals surface area contributed by atoms with Crippen LogP contribution in [-0.4, -0.2) is 40.7 Å². The van der Waals surface area contributed by atoms with Crippen molar-refractivity contribution in [2.24, 2.45) is 0 Å². The number of likely N-dealkylation sites (tertiary alicyclic amines) is 1. The van der Waals surface area contributed by atoms with E-state index in [9.17, 15) is 4.79 Å². The number of ether oxygens (including phenoxy) is 1. The van der Waals surface area contributed by atoms with Crippen LogP contribution in [0.4, 0.5) is 10.6 Å². The molecule has 1 saturated carbocycles. The second-order valence-electron chi connectivity index (χ2n) is 8.17. The molecule has 0 aromatic carbocycles. The van der Waals surface area contributed by atoms with E-state index in [1.54, 1.807) is 4.90 Å². The van der Waals surface area contributed by atoms with Crippen LogP contribution >= 0.6 is 0 Å². The molecule has 2 heterocycles. The number of nitrogens with zero attached hydrogens (tertiary/aromatic N) is 3. The molecule has 1 aliphatic heterocycles. The van der Waals surface area contributed by atoms with Crippen molar-refractivity contribution in [3.8, 4) is 0 Å². The van der Waals surface area contributed by atoms with Crippen LogP contribution in [0.1, 0.15) is 71.4 Å². The minimum atomic E-state index is -0.496. The highest BCUT2D eigenvalue weighted by atomic mass is 16.6. The third-order valence-corrected chi connectivity index (χ3v) is 5.20. The first-order valence-corrected chi connectivity index (χ1v) is 9.61. The molecule has 25 heavy (non-hydrogen) atoms. The lowest BCUT2D eigenvalue weighted by Gasteiger charge is -2.37. The molecule has 1 aromatic heterocycles. The zero-order valence-electron chi connectivity index (χ0n) is 16.0. The Bertz CT molecular complexity index is 590. The van der Waals surface area contributed by atoms with Crippen LogP contribution in [0, 0.1) is 0 Å². The van der Waals surface area contributed by atoms with Gasteiger partial charge in [0.1, 0.15) is 11.4 Å². The summed E-state index contributed by atoms with van der Waals surface area (Å²) < 4.78 is 5.61. The maximum absolute atomic E-state index is 12.7. The zero-order chi connectivity index (χ0) is 18.0. The third-order valence-electron chi connectivity index (χ3n) is 5.20. The van der Waals surface area contributed by atoms with Crippen LogP contribution in [-0.2, 0) is 4.74 Å². The number of pyridine rings is 1. The van der Waals surface area contributed by atoms with Crippen molar-refractivity contribution in [1.82, 2.24) is 9.88 Å². The highest BCUT2D eigenvalue weighted by Gasteiger charge is 2.34. The number of rotatable bonds is 4. The lowest BCUT2D eigenvalue weighted by atomic mass is 9.91. The van der Waals surface area contributed by atoms with Gasteiger partial charge < -0.3 is 4.74 Å². The number of hydrogen-bond acceptors (Lipinski definition) is 4. The molecule has 2 fully saturated rings. The number of aromatic nitrogens is 1. The largest absolute Gasteiger partial charge is 0.443 e. The molecule has 1 amide bonds. The van der Waals surface area contributed by atoms with Gasteiger partial charge in [-0.05, 0) is 77.6 Å². The topological polar surface area (TPSA) is 45.7 Å². The van der Waals surface area contributed by atoms with E-state index in [2.05, 4.69) is 22.9 Å². The van der Waals surface area contributed by atoms with E-state index in [4.69, 9.17) is 4.74 Å². The van der Waals surface area contributed by atoms with Gasteiger partial charge in [-0.3, -0.25) is 9.80 Å². The van der Waals surface area contributed by atoms with Crippen molar-refractivity contribution in [2.75, 3.05) is 18.0 Å². The van der Waals surface area contributed by atoms with Crippen LogP contribution < -0.4 is 4.90 Å². The van der Waals surface area contributed by atoms with Crippen molar-refractivity contribution in [2.45, 2.75) is 77.5 Å². The Labute approximate surface area is 151 Å². The Balaban J connectivity index is 1.78. The van der Waals surface area contributed by atoms with Gasteiger partial charge in [-0.25, -0.2) is 9.78 Å². The van der Waals surface area contributed by atoms with Crippen molar-refractivity contribution in [3.05, 3.63) is 23.9 Å². The van der Waals surface area contributed by atoms with E-state index in [0.29, 0.717) is 11.9 Å². The molecule has 1 aliphatic carbocycles. The Morgan fingerprint density at radius 3 is 2.56 bits per heavy atom. The molecule has 1 aromatic rings. The maximum atomic E-state index is 12.7. The van der Waals surface area contributed by atoms with Gasteiger partial charge in [-0.2, -0.15) is 0 Å². The van der Waals surface area contributed by atoms with Crippen LogP contribution in [0.2, 0.25) is 0 Å². The molecule has 0 radical (unpaired) electrons. The van der Waals surface area contributed by atoms with Crippen molar-refractivity contribution >= 4 is 11.9 Å². The summed E-state index contributed by atoms with van der Waals surface area (Å²) in [5, 5.41) is 0. The average Bonchev–Trinajstić information content (AvgIpc) is 2.97. The Morgan fingerprint density at radius 1 is 1.28 bits per heavy atom. The fourth-order valence-corrected chi connectivity index (χ4v) is 3.70. The lowest BCUT2D eigenvalue weighted by molar-refractivity contribution is 0.0548. The molecule has 0 unspecified atom stereocenters. The smallest absolute Gasteiger partial charge is 0.416 e. The van der Waals surface area contributed by atoms with E-state index in [-0.39, 0.29) is 12.1 Å². The number of carbonyl (C=O) groups is 1. The van der Waals surface area contributed by atoms with Gasteiger partial charge in [0.15, 0.2) is 0 Å². The summed E-state index contributed by atoms with van der Waals surface area (Å²) in [6, 6.07) is 4.80. The Kier molecular flexibility index (Phi) is 5.32. The average molecular weight is 345 g/mol. The molecule has 0 spiro atoms. The molecule has 0 bridgehead atoms. The second-order valence-corrected chi connectivity index (χ2v) is 8.17. The fourth-order valence-electron chi connectivity index (χ4n) is 3.70. The van der Waals surface area contributed by atoms with Crippen LogP contribution in [0.5, 0.6) is 0 Å². The van der Waals surface area contributed by atoms with E-state index < -0.39 is 5.60 Å². The maximum Gasteiger partial charge on any atom is 0.416 e. The SMILES string of the molecule is CCN1CCC[C@H]1c1ccc(N(C(=O)OC(C)(C)C)C2CCC2)nc1. The predicted molar refractivity (Wildman–Crippen MR) is 99.8 cm³/mol. The molecule has 5 nitrogen and oxygen atoms in total. The van der Waals surface area contributed by atoms with E-state index >= 15 is 0 Å². The van der Waals surface area contributed by atoms with Gasteiger partial charge >= 0.3 is 6.09 Å². The number of carbonyl (C=O) groups excluding carboxylic acids is 1. The van der Waals surface area contributed by atoms with Crippen LogP contribution in [0.25, 0.3) is 0 Å². The highest BCUT2D eigenvalue weighted by Crippen LogP contribution is 2.34. The number of anilines is 1. The first kappa shape index (κ1) is 18.2. The molecule has 3 rings (SSSR count). The molecular formula is C20H31N3O2. The molecule has 1 atom stereocenters. The van der Waals surface area contributed by atoms with Gasteiger partial charge in [0, 0.05) is 18.3 Å². The Morgan fingerprint density at radius 2 is 2.04 bits per heavy atom. The quantitative estimate of drug-likeness (QED) is 0.804. The summed E-state index contributed by atoms with van der Waals surface area (Å²) >= 11 is 0. The third kappa shape index (κ3) is 4.14. The standard InChI is InChI=1S/C20H31N3O2/c1-5-22-13-7-10-17(22)15-11-12-18(21-14-15)23(16-8-6-9-16)19(24)25-20(2,3)4/h11-12,14,16-17H,5-10,13H2,1-4H3/t17-/m0/s1. The van der Waals surface area contributed by atoms with Gasteiger partial charge in [-0.15, -0.1) is 0 Å². The molecule has 5 heteroatoms. The van der Waals surface area contributed by atoms with Gasteiger partial charge in [0.05, 0.1) is 0 Å². The molecule has 2 aliphatic rings. The first-order valence-electron chi connectivity index (χ1n) is 9.61. The number of hydrogen-bond donors (Lipinski definition) is 0. The predicted octanol–water partition coefficient (Wildman–Crippen LogP) is 4.53. The van der Waals surface area contributed by atoms with Crippen molar-refractivity contribution in [3.63, 3.8) is 0 Å². The summed E-state index contributed by atoms with van der Waals surface area (Å²) in [5.41, 5.74) is 0.755. The van der Waals surface area contributed by atoms with Crippen molar-refractivity contribution < 1.29 is 9.53 Å². The van der Waals surface area contributed by atoms with E-state index in [1.165, 1.54) is 18.4 Å². The summed E-state index contributed by atoms with van der Waals surface area (Å²) in [6.07, 6.45) is 7.30. The summed E-state index contributed by atoms with van der Waals surface area (Å²) in [5.74, 6) is 0.712. The summed E-state index contributed by atoms with van der Waals surface area (Å²) in [6.45, 7) is 10.1. The van der Waals surface area contributed by atoms with E-state index in [1.807, 2.05) is 33.0 Å². The lowest BCUT2D eigenvalue weighted by Crippen LogP contribution is -2.47. The first-order chi connectivity index (χ1) is 11.9. The normalized spacial score (nSPS) is 21.8. The van der Waals surface area contributed by atoms with Gasteiger partial charge in [0.2, 0.25) is 0 Å². The van der Waals surface area contributed by atoms with Gasteiger partial charge in [-0.1, -0.05) is 13.0 Å². The van der Waals surface area contributed by atoms with Crippen LogP contribution in [0.15, 0.2) is 18.3 Å². The Hall–Kier alpha value is -1.62. The molecular weight excluding hydrogens is 314 g/mol. The molecule has 138 valence electrons. The highest BCUT2D eigenvalue weighted by molar-refractivity contribution is 5.87. The summed E-state index contributed by atoms with van der Waals surface area (Å²) in [7, 11) is 0.